The minimum Gasteiger partial charge on any atom is -0.490 e. The van der Waals surface area contributed by atoms with Crippen molar-refractivity contribution in [2.75, 3.05) is 51.6 Å². The number of carbonyl (C=O) groups excluding carboxylic acids is 2. The van der Waals surface area contributed by atoms with E-state index in [1.807, 2.05) is 81.6 Å². The van der Waals surface area contributed by atoms with Gasteiger partial charge >= 0.3 is 0 Å². The Morgan fingerprint density at radius 1 is 0.696 bits per heavy atom. The zero-order valence-electron chi connectivity index (χ0n) is 32.7. The van der Waals surface area contributed by atoms with E-state index >= 15 is 0 Å². The molecule has 2 heterocycles. The van der Waals surface area contributed by atoms with E-state index in [0.717, 1.165) is 93.6 Å². The molecule has 56 heavy (non-hydrogen) atoms. The van der Waals surface area contributed by atoms with E-state index in [1.54, 1.807) is 6.08 Å². The molecule has 2 fully saturated rings. The number of hydrogen-bond donors (Lipinski definition) is 0. The molecule has 5 aliphatic rings. The van der Waals surface area contributed by atoms with Crippen LogP contribution in [0.3, 0.4) is 0 Å². The molecule has 0 saturated heterocycles. The second-order valence-corrected chi connectivity index (χ2v) is 15.6. The van der Waals surface area contributed by atoms with Crippen molar-refractivity contribution >= 4 is 29.0 Å². The topological polar surface area (TPSA) is 96.0 Å². The number of carbonyl (C=O) groups is 2. The van der Waals surface area contributed by atoms with Crippen LogP contribution in [0.1, 0.15) is 78.7 Å². The van der Waals surface area contributed by atoms with Crippen molar-refractivity contribution in [2.45, 2.75) is 75.9 Å². The van der Waals surface area contributed by atoms with Gasteiger partial charge in [-0.05, 0) is 110 Å². The summed E-state index contributed by atoms with van der Waals surface area (Å²) in [6.45, 7) is 0.476. The maximum atomic E-state index is 12.6. The SMILES string of the molecule is CN(C)c1ccc(/C=C/C(=O)Cc2ccc3c(c2)OCO3)c(OC2CC2)c1.CN(C)c1ccc(C2CC(=O)Cc3cc4c(cc32)OCO4)c(OC2CCCC2)c1. The predicted molar refractivity (Wildman–Crippen MR) is 216 cm³/mol. The average molecular weight is 759 g/mol. The quantitative estimate of drug-likeness (QED) is 0.139. The van der Waals surface area contributed by atoms with E-state index in [9.17, 15) is 9.59 Å². The van der Waals surface area contributed by atoms with E-state index in [2.05, 4.69) is 29.2 Å². The lowest BCUT2D eigenvalue weighted by atomic mass is 9.77. The lowest BCUT2D eigenvalue weighted by Crippen LogP contribution is -2.21. The molecular weight excluding hydrogens is 709 g/mol. The third-order valence-corrected chi connectivity index (χ3v) is 10.9. The smallest absolute Gasteiger partial charge is 0.231 e. The normalized spacial score (nSPS) is 18.0. The van der Waals surface area contributed by atoms with Gasteiger partial charge in [-0.2, -0.15) is 0 Å². The summed E-state index contributed by atoms with van der Waals surface area (Å²) in [5, 5.41) is 0. The zero-order valence-corrected chi connectivity index (χ0v) is 32.7. The molecule has 0 N–H and O–H groups in total. The van der Waals surface area contributed by atoms with Crippen molar-refractivity contribution in [1.82, 2.24) is 0 Å². The van der Waals surface area contributed by atoms with Gasteiger partial charge in [0.1, 0.15) is 17.3 Å². The van der Waals surface area contributed by atoms with Crippen molar-refractivity contribution in [3.63, 3.8) is 0 Å². The molecular formula is C46H50N2O8. The fourth-order valence-corrected chi connectivity index (χ4v) is 7.65. The molecule has 292 valence electrons. The summed E-state index contributed by atoms with van der Waals surface area (Å²) in [6, 6.07) is 22.1. The Morgan fingerprint density at radius 3 is 2.04 bits per heavy atom. The summed E-state index contributed by atoms with van der Waals surface area (Å²) in [5.41, 5.74) is 7.31. The second kappa shape index (κ2) is 16.2. The van der Waals surface area contributed by atoms with Crippen LogP contribution < -0.4 is 38.2 Å². The van der Waals surface area contributed by atoms with Crippen LogP contribution in [0.4, 0.5) is 11.4 Å². The standard InChI is InChI=1S/C24H27NO4.C22H23NO4/c1-25(2)16-7-8-19(22(11-16)29-18-5-3-4-6-18)21-12-17(26)9-15-10-23-24(13-20(15)21)28-14-27-23;1-23(2)17-6-4-16(21(13-17)27-19-8-9-19)5-7-18(24)11-15-3-10-20-22(12-15)26-14-25-20/h7-8,10-11,13,18,21H,3-6,9,12,14H2,1-2H3;3-7,10,12-13,19H,8-9,11,14H2,1-2H3/b;7-5+. The molecule has 0 spiro atoms. The van der Waals surface area contributed by atoms with Gasteiger partial charge in [0.15, 0.2) is 28.8 Å². The molecule has 3 aliphatic carbocycles. The summed E-state index contributed by atoms with van der Waals surface area (Å²) in [5.74, 6) is 4.94. The van der Waals surface area contributed by atoms with Gasteiger partial charge in [-0.25, -0.2) is 0 Å². The van der Waals surface area contributed by atoms with Crippen LogP contribution in [0, 0.1) is 0 Å². The Balaban J connectivity index is 0.000000158. The number of hydrogen-bond acceptors (Lipinski definition) is 10. The number of ketones is 2. The van der Waals surface area contributed by atoms with Gasteiger partial charge in [-0.15, -0.1) is 0 Å². The lowest BCUT2D eigenvalue weighted by molar-refractivity contribution is -0.119. The van der Waals surface area contributed by atoms with Crippen LogP contribution in [-0.4, -0.2) is 65.6 Å². The number of Topliss-reactive ketones (excluding diaryl/α,β-unsaturated/α-hetero) is 1. The minimum atomic E-state index is -0.0200. The van der Waals surface area contributed by atoms with Gasteiger partial charge in [0.05, 0.1) is 12.2 Å². The fraction of sp³-hybridized carbons (Fsp3) is 0.391. The summed E-state index contributed by atoms with van der Waals surface area (Å²) in [6.07, 6.45) is 12.1. The first-order valence-corrected chi connectivity index (χ1v) is 19.7. The summed E-state index contributed by atoms with van der Waals surface area (Å²) in [4.78, 5) is 29.1. The number of anilines is 2. The van der Waals surface area contributed by atoms with Crippen LogP contribution in [0.5, 0.6) is 34.5 Å². The molecule has 10 heteroatoms. The highest BCUT2D eigenvalue weighted by molar-refractivity contribution is 5.95. The first kappa shape index (κ1) is 37.3. The van der Waals surface area contributed by atoms with Crippen molar-refractivity contribution in [2.24, 2.45) is 0 Å². The van der Waals surface area contributed by atoms with Crippen LogP contribution in [-0.2, 0) is 22.4 Å². The molecule has 1 unspecified atom stereocenters. The number of rotatable bonds is 11. The van der Waals surface area contributed by atoms with Crippen LogP contribution in [0.15, 0.2) is 72.8 Å². The summed E-state index contributed by atoms with van der Waals surface area (Å²) >= 11 is 0. The van der Waals surface area contributed by atoms with Gasteiger partial charge in [0.25, 0.3) is 0 Å². The summed E-state index contributed by atoms with van der Waals surface area (Å²) in [7, 11) is 8.07. The maximum absolute atomic E-state index is 12.6. The van der Waals surface area contributed by atoms with Gasteiger partial charge in [0, 0.05) is 88.0 Å². The predicted octanol–water partition coefficient (Wildman–Crippen LogP) is 8.30. The van der Waals surface area contributed by atoms with E-state index in [1.165, 1.54) is 12.8 Å². The molecule has 0 amide bonds. The number of nitrogens with zero attached hydrogens (tertiary/aromatic N) is 2. The van der Waals surface area contributed by atoms with Gasteiger partial charge in [-0.3, -0.25) is 9.59 Å². The highest BCUT2D eigenvalue weighted by atomic mass is 16.7. The van der Waals surface area contributed by atoms with Crippen molar-refractivity contribution in [1.29, 1.82) is 0 Å². The molecule has 10 nitrogen and oxygen atoms in total. The number of ether oxygens (including phenoxy) is 6. The number of allylic oxidation sites excluding steroid dienone is 1. The Morgan fingerprint density at radius 2 is 1.32 bits per heavy atom. The van der Waals surface area contributed by atoms with Gasteiger partial charge in [-0.1, -0.05) is 12.1 Å². The first-order valence-electron chi connectivity index (χ1n) is 19.7. The Labute approximate surface area is 328 Å². The van der Waals surface area contributed by atoms with Gasteiger partial charge < -0.3 is 38.2 Å². The lowest BCUT2D eigenvalue weighted by Gasteiger charge is -2.29. The fourth-order valence-electron chi connectivity index (χ4n) is 7.65. The highest BCUT2D eigenvalue weighted by Gasteiger charge is 2.32. The molecule has 0 bridgehead atoms. The van der Waals surface area contributed by atoms with E-state index in [0.29, 0.717) is 31.1 Å². The highest BCUT2D eigenvalue weighted by Crippen LogP contribution is 2.46. The van der Waals surface area contributed by atoms with Crippen LogP contribution >= 0.6 is 0 Å². The van der Waals surface area contributed by atoms with Crippen molar-refractivity contribution in [3.8, 4) is 34.5 Å². The average Bonchev–Trinajstić information content (AvgIpc) is 3.51. The molecule has 2 saturated carbocycles. The molecule has 2 aliphatic heterocycles. The third kappa shape index (κ3) is 8.59. The zero-order chi connectivity index (χ0) is 38.8. The number of fused-ring (bicyclic) bond motifs is 3. The molecule has 9 rings (SSSR count). The Kier molecular flexibility index (Phi) is 10.8. The maximum Gasteiger partial charge on any atom is 0.231 e. The minimum absolute atomic E-state index is 0.0200. The number of benzene rings is 4. The van der Waals surface area contributed by atoms with Crippen molar-refractivity contribution < 1.29 is 38.0 Å². The van der Waals surface area contributed by atoms with Crippen molar-refractivity contribution in [3.05, 3.63) is 101 Å². The molecule has 4 aromatic rings. The van der Waals surface area contributed by atoms with Crippen LogP contribution in [0.2, 0.25) is 0 Å². The second-order valence-electron chi connectivity index (χ2n) is 15.6. The molecule has 4 aromatic carbocycles. The van der Waals surface area contributed by atoms with E-state index in [4.69, 9.17) is 28.4 Å². The largest absolute Gasteiger partial charge is 0.490 e. The van der Waals surface area contributed by atoms with E-state index < -0.39 is 0 Å². The molecule has 0 radical (unpaired) electrons. The van der Waals surface area contributed by atoms with Gasteiger partial charge in [0.2, 0.25) is 13.6 Å². The molecule has 1 atom stereocenters. The Bertz CT molecular complexity index is 2130. The Hall–Kier alpha value is -5.64. The monoisotopic (exact) mass is 758 g/mol. The van der Waals surface area contributed by atoms with E-state index in [-0.39, 0.29) is 37.2 Å². The first-order chi connectivity index (χ1) is 27.2. The third-order valence-electron chi connectivity index (χ3n) is 10.9. The molecule has 0 aromatic heterocycles. The summed E-state index contributed by atoms with van der Waals surface area (Å²) < 4.78 is 34.3. The van der Waals surface area contributed by atoms with Crippen LogP contribution in [0.25, 0.3) is 6.08 Å².